The van der Waals surface area contributed by atoms with E-state index in [0.29, 0.717) is 15.3 Å². The monoisotopic (exact) mass is 435 g/mol. The van der Waals surface area contributed by atoms with Crippen molar-refractivity contribution in [3.63, 3.8) is 0 Å². The summed E-state index contributed by atoms with van der Waals surface area (Å²) in [7, 11) is 0. The zero-order valence-electron chi connectivity index (χ0n) is 13.3. The quantitative estimate of drug-likeness (QED) is 0.451. The number of aromatic nitrogens is 1. The molecule has 0 aliphatic carbocycles. The third-order valence-corrected chi connectivity index (χ3v) is 5.10. The predicted molar refractivity (Wildman–Crippen MR) is 101 cm³/mol. The summed E-state index contributed by atoms with van der Waals surface area (Å²) in [5, 5.41) is 14.0. The molecule has 0 aliphatic heterocycles. The van der Waals surface area contributed by atoms with Crippen LogP contribution in [-0.2, 0) is 0 Å². The number of thiazole rings is 1. The van der Waals surface area contributed by atoms with Gasteiger partial charge in [-0.2, -0.15) is 0 Å². The Bertz CT molecular complexity index is 1000. The number of nitro groups is 1. The molecule has 0 unspecified atom stereocenters. The van der Waals surface area contributed by atoms with Gasteiger partial charge in [0.25, 0.3) is 11.6 Å². The third-order valence-electron chi connectivity index (χ3n) is 3.54. The zero-order chi connectivity index (χ0) is 18.8. The number of hydrogen-bond acceptors (Lipinski definition) is 5. The molecule has 0 saturated heterocycles. The average Bonchev–Trinajstić information content (AvgIpc) is 2.96. The molecule has 1 heterocycles. The highest BCUT2D eigenvalue weighted by Gasteiger charge is 2.18. The molecule has 3 aromatic rings. The molecule has 0 bridgehead atoms. The Hall–Kier alpha value is -2.65. The molecule has 0 spiro atoms. The third kappa shape index (κ3) is 3.78. The maximum absolute atomic E-state index is 13.1. The van der Waals surface area contributed by atoms with Crippen LogP contribution in [0.15, 0.2) is 46.9 Å². The van der Waals surface area contributed by atoms with E-state index in [1.807, 2.05) is 6.92 Å². The maximum atomic E-state index is 13.1. The van der Waals surface area contributed by atoms with Crippen molar-refractivity contribution in [1.29, 1.82) is 0 Å². The molecule has 9 heteroatoms. The van der Waals surface area contributed by atoms with E-state index in [-0.39, 0.29) is 17.1 Å². The van der Waals surface area contributed by atoms with Gasteiger partial charge in [-0.05, 0) is 59.3 Å². The summed E-state index contributed by atoms with van der Waals surface area (Å²) in [5.74, 6) is -0.841. The molecule has 132 valence electrons. The number of benzene rings is 2. The molecule has 3 rings (SSSR count). The fourth-order valence-corrected chi connectivity index (χ4v) is 3.51. The lowest BCUT2D eigenvalue weighted by Crippen LogP contribution is -2.12. The second-order valence-electron chi connectivity index (χ2n) is 5.31. The number of carbonyl (C=O) groups is 1. The highest BCUT2D eigenvalue weighted by Crippen LogP contribution is 2.31. The number of hydrogen-bond donors (Lipinski definition) is 1. The van der Waals surface area contributed by atoms with Gasteiger partial charge in [-0.15, -0.1) is 11.3 Å². The van der Waals surface area contributed by atoms with Gasteiger partial charge in [0, 0.05) is 22.1 Å². The van der Waals surface area contributed by atoms with E-state index in [2.05, 4.69) is 26.2 Å². The second-order valence-corrected chi connectivity index (χ2v) is 7.37. The smallest absolute Gasteiger partial charge is 0.284 e. The molecule has 1 aromatic heterocycles. The first-order valence-corrected chi connectivity index (χ1v) is 8.95. The number of amides is 1. The first-order valence-electron chi connectivity index (χ1n) is 7.34. The molecular formula is C17H11BrFN3O3S. The van der Waals surface area contributed by atoms with Gasteiger partial charge in [-0.25, -0.2) is 9.37 Å². The van der Waals surface area contributed by atoms with Gasteiger partial charge in [-0.3, -0.25) is 20.2 Å². The number of nitro benzene ring substituents is 1. The number of nitrogens with zero attached hydrogens (tertiary/aromatic N) is 2. The fraction of sp³-hybridized carbons (Fsp3) is 0.0588. The van der Waals surface area contributed by atoms with Crippen molar-refractivity contribution in [1.82, 2.24) is 4.98 Å². The largest absolute Gasteiger partial charge is 0.298 e. The van der Waals surface area contributed by atoms with Crippen LogP contribution in [0.1, 0.15) is 15.2 Å². The minimum Gasteiger partial charge on any atom is -0.298 e. The number of aryl methyl sites for hydroxylation is 1. The molecule has 0 radical (unpaired) electrons. The van der Waals surface area contributed by atoms with Crippen LogP contribution < -0.4 is 5.32 Å². The van der Waals surface area contributed by atoms with E-state index >= 15 is 0 Å². The summed E-state index contributed by atoms with van der Waals surface area (Å²) in [6, 6.07) is 10.0. The standard InChI is InChI=1S/C17H11BrFN3O3S/c1-9-15(10-2-5-12(19)6-3-10)20-17(26-9)21-16(23)11-4-7-13(18)14(8-11)22(24)25/h2-8H,1H3,(H,20,21,23). The van der Waals surface area contributed by atoms with Crippen molar-refractivity contribution in [2.45, 2.75) is 6.92 Å². The maximum Gasteiger partial charge on any atom is 0.284 e. The van der Waals surface area contributed by atoms with Crippen molar-refractivity contribution in [3.05, 3.63) is 73.3 Å². The van der Waals surface area contributed by atoms with Gasteiger partial charge in [0.2, 0.25) is 0 Å². The van der Waals surface area contributed by atoms with Gasteiger partial charge >= 0.3 is 0 Å². The van der Waals surface area contributed by atoms with Crippen molar-refractivity contribution >= 4 is 44.0 Å². The molecule has 0 atom stereocenters. The summed E-state index contributed by atoms with van der Waals surface area (Å²) >= 11 is 4.35. The summed E-state index contributed by atoms with van der Waals surface area (Å²) in [6.45, 7) is 1.84. The summed E-state index contributed by atoms with van der Waals surface area (Å²) in [4.78, 5) is 28.0. The average molecular weight is 436 g/mol. The Morgan fingerprint density at radius 1 is 1.27 bits per heavy atom. The highest BCUT2D eigenvalue weighted by molar-refractivity contribution is 9.10. The van der Waals surface area contributed by atoms with Crippen LogP contribution in [0.4, 0.5) is 15.2 Å². The van der Waals surface area contributed by atoms with Crippen LogP contribution in [0.25, 0.3) is 11.3 Å². The van der Waals surface area contributed by atoms with Gasteiger partial charge < -0.3 is 0 Å². The summed E-state index contributed by atoms with van der Waals surface area (Å²) < 4.78 is 13.4. The van der Waals surface area contributed by atoms with Crippen molar-refractivity contribution in [2.24, 2.45) is 0 Å². The topological polar surface area (TPSA) is 85.1 Å². The van der Waals surface area contributed by atoms with Gasteiger partial charge in [0.15, 0.2) is 5.13 Å². The Morgan fingerprint density at radius 2 is 1.96 bits per heavy atom. The summed E-state index contributed by atoms with van der Waals surface area (Å²) in [6.07, 6.45) is 0. The molecule has 26 heavy (non-hydrogen) atoms. The number of halogens is 2. The van der Waals surface area contributed by atoms with Crippen LogP contribution in [0.5, 0.6) is 0 Å². The van der Waals surface area contributed by atoms with Crippen molar-refractivity contribution in [2.75, 3.05) is 5.32 Å². The van der Waals surface area contributed by atoms with Crippen LogP contribution >= 0.6 is 27.3 Å². The van der Waals surface area contributed by atoms with E-state index in [1.54, 1.807) is 12.1 Å². The molecule has 2 aromatic carbocycles. The van der Waals surface area contributed by atoms with Gasteiger partial charge in [-0.1, -0.05) is 0 Å². The van der Waals surface area contributed by atoms with E-state index in [0.717, 1.165) is 10.4 Å². The molecule has 6 nitrogen and oxygen atoms in total. The molecular weight excluding hydrogens is 425 g/mol. The number of anilines is 1. The Morgan fingerprint density at radius 3 is 2.62 bits per heavy atom. The number of carbonyl (C=O) groups excluding carboxylic acids is 1. The van der Waals surface area contributed by atoms with Gasteiger partial charge in [0.05, 0.1) is 15.1 Å². The van der Waals surface area contributed by atoms with E-state index < -0.39 is 10.8 Å². The van der Waals surface area contributed by atoms with Crippen LogP contribution in [0.2, 0.25) is 0 Å². The van der Waals surface area contributed by atoms with Crippen molar-refractivity contribution < 1.29 is 14.1 Å². The SMILES string of the molecule is Cc1sc(NC(=O)c2ccc(Br)c([N+](=O)[O-])c2)nc1-c1ccc(F)cc1. The Balaban J connectivity index is 1.84. The minimum absolute atomic E-state index is 0.149. The lowest BCUT2D eigenvalue weighted by molar-refractivity contribution is -0.385. The second kappa shape index (κ2) is 7.30. The van der Waals surface area contributed by atoms with Crippen molar-refractivity contribution in [3.8, 4) is 11.3 Å². The molecule has 0 fully saturated rings. The first kappa shape index (κ1) is 18.2. The van der Waals surface area contributed by atoms with E-state index in [9.17, 15) is 19.3 Å². The summed E-state index contributed by atoms with van der Waals surface area (Å²) in [5.41, 5.74) is 1.34. The molecule has 0 saturated carbocycles. The molecule has 1 N–H and O–H groups in total. The Labute approximate surface area is 160 Å². The fourth-order valence-electron chi connectivity index (χ4n) is 2.29. The minimum atomic E-state index is -0.568. The van der Waals surface area contributed by atoms with E-state index in [1.165, 1.54) is 41.7 Å². The first-order chi connectivity index (χ1) is 12.3. The molecule has 1 amide bonds. The zero-order valence-corrected chi connectivity index (χ0v) is 15.7. The van der Waals surface area contributed by atoms with Crippen LogP contribution in [0, 0.1) is 22.9 Å². The molecule has 0 aliphatic rings. The van der Waals surface area contributed by atoms with Crippen LogP contribution in [0.3, 0.4) is 0 Å². The lowest BCUT2D eigenvalue weighted by atomic mass is 10.1. The number of rotatable bonds is 4. The van der Waals surface area contributed by atoms with Gasteiger partial charge in [0.1, 0.15) is 5.82 Å². The normalized spacial score (nSPS) is 10.6. The van der Waals surface area contributed by atoms with E-state index in [4.69, 9.17) is 0 Å². The highest BCUT2D eigenvalue weighted by atomic mass is 79.9. The Kier molecular flexibility index (Phi) is 5.10. The number of nitrogens with one attached hydrogen (secondary N) is 1. The predicted octanol–water partition coefficient (Wildman–Crippen LogP) is 5.18. The van der Waals surface area contributed by atoms with Crippen LogP contribution in [-0.4, -0.2) is 15.8 Å². The lowest BCUT2D eigenvalue weighted by Gasteiger charge is -2.03.